The zero-order valence-electron chi connectivity index (χ0n) is 28.0. The first kappa shape index (κ1) is 31.6. The number of rotatable bonds is 9. The lowest BCUT2D eigenvalue weighted by Gasteiger charge is -2.21. The van der Waals surface area contributed by atoms with Crippen molar-refractivity contribution in [1.29, 1.82) is 0 Å². The van der Waals surface area contributed by atoms with Gasteiger partial charge in [0.15, 0.2) is 5.82 Å². The minimum Gasteiger partial charge on any atom is -0.494 e. The molecule has 1 aliphatic rings. The quantitative estimate of drug-likeness (QED) is 0.165. The maximum Gasteiger partial charge on any atom is 0.271 e. The van der Waals surface area contributed by atoms with Crippen LogP contribution in [0.5, 0.6) is 5.75 Å². The molecule has 6 aromatic rings. The number of tetrazole rings is 1. The monoisotopic (exact) mass is 662 g/mol. The van der Waals surface area contributed by atoms with Crippen LogP contribution < -0.4 is 4.74 Å². The molecule has 3 aromatic heterocycles. The van der Waals surface area contributed by atoms with Gasteiger partial charge < -0.3 is 14.2 Å². The third-order valence-electron chi connectivity index (χ3n) is 9.46. The van der Waals surface area contributed by atoms with E-state index in [4.69, 9.17) is 21.4 Å². The standard InChI is InChI=1S/C37H39ClN8O2/c1-22-19-28(20-23(2)33(22)38)48-18-7-11-30-29-9-6-10-31(32-24(3)41-44(5)25(32)4)34(29)46-17-8-16-45(37(47)35(30)46)21-26-12-14-27(15-13-26)36-39-42-43-40-36/h6,9-10,12-15,19-20H,7-8,11,16-18,21H2,1-5H3,(H,39,40,42,43). The zero-order valence-corrected chi connectivity index (χ0v) is 28.7. The van der Waals surface area contributed by atoms with Gasteiger partial charge in [0.1, 0.15) is 11.4 Å². The second kappa shape index (κ2) is 12.9. The molecule has 0 atom stereocenters. The van der Waals surface area contributed by atoms with Crippen LogP contribution in [0, 0.1) is 27.7 Å². The first-order chi connectivity index (χ1) is 23.2. The lowest BCUT2D eigenvalue weighted by Crippen LogP contribution is -2.31. The highest BCUT2D eigenvalue weighted by atomic mass is 35.5. The maximum atomic E-state index is 14.6. The van der Waals surface area contributed by atoms with E-state index in [-0.39, 0.29) is 5.91 Å². The maximum absolute atomic E-state index is 14.6. The summed E-state index contributed by atoms with van der Waals surface area (Å²) in [5.74, 6) is 1.48. The topological polar surface area (TPSA) is 107 Å². The Morgan fingerprint density at radius 2 is 1.77 bits per heavy atom. The smallest absolute Gasteiger partial charge is 0.271 e. The van der Waals surface area contributed by atoms with Crippen LogP contribution >= 0.6 is 11.6 Å². The second-order valence-corrected chi connectivity index (χ2v) is 13.1. The number of carbonyl (C=O) groups excluding carboxylic acids is 1. The fourth-order valence-corrected chi connectivity index (χ4v) is 7.20. The number of aryl methyl sites for hydroxylation is 6. The Balaban J connectivity index is 1.24. The third kappa shape index (κ3) is 5.74. The van der Waals surface area contributed by atoms with Gasteiger partial charge in [-0.25, -0.2) is 5.10 Å². The van der Waals surface area contributed by atoms with Crippen LogP contribution in [0.15, 0.2) is 54.6 Å². The summed E-state index contributed by atoms with van der Waals surface area (Å²) in [4.78, 5) is 16.6. The van der Waals surface area contributed by atoms with E-state index in [0.29, 0.717) is 31.9 Å². The molecule has 11 heteroatoms. The summed E-state index contributed by atoms with van der Waals surface area (Å²) in [5, 5.41) is 20.8. The van der Waals surface area contributed by atoms with E-state index in [1.54, 1.807) is 0 Å². The van der Waals surface area contributed by atoms with Gasteiger partial charge >= 0.3 is 0 Å². The third-order valence-corrected chi connectivity index (χ3v) is 10.1. The summed E-state index contributed by atoms with van der Waals surface area (Å²) in [7, 11) is 1.98. The highest BCUT2D eigenvalue weighted by Gasteiger charge is 2.31. The number of hydrogen-bond donors (Lipinski definition) is 1. The molecule has 1 N–H and O–H groups in total. The summed E-state index contributed by atoms with van der Waals surface area (Å²) >= 11 is 6.39. The van der Waals surface area contributed by atoms with Crippen LogP contribution in [-0.2, 0) is 26.6 Å². The Hall–Kier alpha value is -4.96. The molecule has 48 heavy (non-hydrogen) atoms. The van der Waals surface area contributed by atoms with Crippen molar-refractivity contribution in [1.82, 2.24) is 39.9 Å². The molecule has 0 saturated carbocycles. The first-order valence-electron chi connectivity index (χ1n) is 16.4. The van der Waals surface area contributed by atoms with Gasteiger partial charge in [-0.3, -0.25) is 9.48 Å². The number of aromatic nitrogens is 7. The minimum absolute atomic E-state index is 0.0534. The molecule has 1 aliphatic heterocycles. The van der Waals surface area contributed by atoms with E-state index in [0.717, 1.165) is 97.1 Å². The van der Waals surface area contributed by atoms with E-state index in [9.17, 15) is 4.79 Å². The van der Waals surface area contributed by atoms with Crippen molar-refractivity contribution in [2.75, 3.05) is 13.2 Å². The molecule has 0 unspecified atom stereocenters. The number of H-pyrrole nitrogens is 1. The Bertz CT molecular complexity index is 2110. The van der Waals surface area contributed by atoms with Crippen molar-refractivity contribution >= 4 is 28.4 Å². The number of nitrogens with one attached hydrogen (secondary N) is 1. The Labute approximate surface area is 284 Å². The van der Waals surface area contributed by atoms with Crippen LogP contribution in [0.25, 0.3) is 33.4 Å². The number of benzene rings is 3. The summed E-state index contributed by atoms with van der Waals surface area (Å²) < 4.78 is 10.4. The lowest BCUT2D eigenvalue weighted by atomic mass is 9.98. The molecule has 0 aliphatic carbocycles. The van der Waals surface area contributed by atoms with Crippen LogP contribution in [0.1, 0.15) is 57.0 Å². The average Bonchev–Trinajstić information content (AvgIpc) is 3.75. The van der Waals surface area contributed by atoms with Gasteiger partial charge in [0.25, 0.3) is 5.91 Å². The van der Waals surface area contributed by atoms with Gasteiger partial charge in [-0.15, -0.1) is 5.10 Å². The molecule has 3 aromatic carbocycles. The highest BCUT2D eigenvalue weighted by Crippen LogP contribution is 2.39. The van der Waals surface area contributed by atoms with Crippen LogP contribution in [0.4, 0.5) is 0 Å². The molecule has 246 valence electrons. The lowest BCUT2D eigenvalue weighted by molar-refractivity contribution is 0.0745. The van der Waals surface area contributed by atoms with Gasteiger partial charge in [0, 0.05) is 59.5 Å². The fourth-order valence-electron chi connectivity index (χ4n) is 7.09. The number of halogens is 1. The van der Waals surface area contributed by atoms with E-state index < -0.39 is 0 Å². The molecule has 0 radical (unpaired) electrons. The van der Waals surface area contributed by atoms with Crippen molar-refractivity contribution in [3.63, 3.8) is 0 Å². The van der Waals surface area contributed by atoms with Crippen LogP contribution in [0.2, 0.25) is 5.02 Å². The van der Waals surface area contributed by atoms with Gasteiger partial charge in [0.05, 0.1) is 17.8 Å². The summed E-state index contributed by atoms with van der Waals surface area (Å²) in [6.07, 6.45) is 2.31. The van der Waals surface area contributed by atoms with E-state index >= 15 is 0 Å². The molecular formula is C37H39ClN8O2. The SMILES string of the molecule is Cc1cc(OCCCc2c3n(c4c(-c5c(C)nn(C)c5C)cccc24)CCCN(Cc2ccc(-c4nnn[nH]4)cc2)C3=O)cc(C)c1Cl. The Morgan fingerprint density at radius 1 is 1.00 bits per heavy atom. The molecule has 1 amide bonds. The molecule has 0 fully saturated rings. The average molecular weight is 663 g/mol. The molecule has 4 heterocycles. The second-order valence-electron chi connectivity index (χ2n) is 12.7. The predicted octanol–water partition coefficient (Wildman–Crippen LogP) is 7.17. The van der Waals surface area contributed by atoms with Crippen LogP contribution in [0.3, 0.4) is 0 Å². The summed E-state index contributed by atoms with van der Waals surface area (Å²) in [6, 6.07) is 18.4. The molecule has 0 spiro atoms. The number of para-hydroxylation sites is 1. The predicted molar refractivity (Wildman–Crippen MR) is 187 cm³/mol. The van der Waals surface area contributed by atoms with Crippen molar-refractivity contribution in [3.8, 4) is 28.3 Å². The summed E-state index contributed by atoms with van der Waals surface area (Å²) in [6.45, 7) is 10.6. The minimum atomic E-state index is 0.0534. The molecular weight excluding hydrogens is 624 g/mol. The molecule has 7 rings (SSSR count). The van der Waals surface area contributed by atoms with Crippen molar-refractivity contribution in [2.24, 2.45) is 7.05 Å². The van der Waals surface area contributed by atoms with Gasteiger partial charge in [-0.1, -0.05) is 54.1 Å². The number of hydrogen-bond acceptors (Lipinski definition) is 6. The molecule has 0 bridgehead atoms. The molecule has 0 saturated heterocycles. The number of carbonyl (C=O) groups is 1. The largest absolute Gasteiger partial charge is 0.494 e. The zero-order chi connectivity index (χ0) is 33.5. The normalized spacial score (nSPS) is 13.3. The highest BCUT2D eigenvalue weighted by molar-refractivity contribution is 6.32. The van der Waals surface area contributed by atoms with Crippen LogP contribution in [-0.4, -0.2) is 58.9 Å². The number of amides is 1. The number of nitrogens with zero attached hydrogens (tertiary/aromatic N) is 7. The van der Waals surface area contributed by atoms with Crippen molar-refractivity contribution < 1.29 is 9.53 Å². The Morgan fingerprint density at radius 3 is 2.46 bits per heavy atom. The number of aromatic amines is 1. The van der Waals surface area contributed by atoms with E-state index in [2.05, 4.69) is 57.2 Å². The van der Waals surface area contributed by atoms with E-state index in [1.165, 1.54) is 0 Å². The number of ether oxygens (including phenoxy) is 1. The van der Waals surface area contributed by atoms with Gasteiger partial charge in [-0.2, -0.15) is 5.10 Å². The Kier molecular flexibility index (Phi) is 8.51. The first-order valence-corrected chi connectivity index (χ1v) is 16.8. The van der Waals surface area contributed by atoms with Gasteiger partial charge in [0.2, 0.25) is 0 Å². The summed E-state index contributed by atoms with van der Waals surface area (Å²) in [5.41, 5.74) is 11.2. The fraction of sp³-hybridized carbons (Fsp3) is 0.324. The van der Waals surface area contributed by atoms with Crippen molar-refractivity contribution in [2.45, 2.75) is 60.0 Å². The van der Waals surface area contributed by atoms with Gasteiger partial charge in [-0.05, 0) is 91.8 Å². The van der Waals surface area contributed by atoms with Crippen molar-refractivity contribution in [3.05, 3.63) is 99.0 Å². The van der Waals surface area contributed by atoms with E-state index in [1.807, 2.05) is 66.9 Å². The molecule has 10 nitrogen and oxygen atoms in total. The number of fused-ring (bicyclic) bond motifs is 3.